The van der Waals surface area contributed by atoms with Crippen LogP contribution in [0.5, 0.6) is 0 Å². The summed E-state index contributed by atoms with van der Waals surface area (Å²) in [5, 5.41) is 0. The Morgan fingerprint density at radius 2 is 1.36 bits per heavy atom. The van der Waals surface area contributed by atoms with E-state index in [0.717, 1.165) is 4.90 Å². The van der Waals surface area contributed by atoms with Crippen molar-refractivity contribution in [3.63, 3.8) is 0 Å². The molecular weight excluding hydrogens is 508 g/mol. The van der Waals surface area contributed by atoms with Gasteiger partial charge in [-0.3, -0.25) is 0 Å². The Labute approximate surface area is 135 Å². The summed E-state index contributed by atoms with van der Waals surface area (Å²) >= 11 is 11.2. The van der Waals surface area contributed by atoms with Gasteiger partial charge in [0.15, 0.2) is 0 Å². The van der Waals surface area contributed by atoms with E-state index < -0.39 is 0 Å². The van der Waals surface area contributed by atoms with Crippen molar-refractivity contribution in [1.82, 2.24) is 0 Å². The molecule has 55 valence electrons. The molecule has 0 amide bonds. The molecule has 0 aliphatic heterocycles. The zero-order chi connectivity index (χ0) is 7.72. The molecule has 0 aromatic heterocycles. The Morgan fingerprint density at radius 3 is 1.82 bits per heavy atom. The Bertz CT molecular complexity index is 214. The SMILES string of the molecule is Sc1cc(I)c(I)cc1I.[Na]. The zero-order valence-corrected chi connectivity index (χ0v) is 15.1. The van der Waals surface area contributed by atoms with Gasteiger partial charge >= 0.3 is 0 Å². The number of hydrogen-bond donors (Lipinski definition) is 1. The van der Waals surface area contributed by atoms with Crippen molar-refractivity contribution in [1.29, 1.82) is 0 Å². The number of halogens is 3. The molecule has 0 unspecified atom stereocenters. The van der Waals surface area contributed by atoms with Crippen molar-refractivity contribution in [2.45, 2.75) is 4.90 Å². The van der Waals surface area contributed by atoms with Crippen molar-refractivity contribution in [3.8, 4) is 0 Å². The van der Waals surface area contributed by atoms with Crippen LogP contribution < -0.4 is 0 Å². The Kier molecular flexibility index (Phi) is 7.86. The molecular formula is C6H3I3NaS. The predicted molar refractivity (Wildman–Crippen MR) is 77.6 cm³/mol. The van der Waals surface area contributed by atoms with Crippen LogP contribution in [0.1, 0.15) is 0 Å². The van der Waals surface area contributed by atoms with Gasteiger partial charge in [0, 0.05) is 45.2 Å². The fourth-order valence-electron chi connectivity index (χ4n) is 0.512. The fourth-order valence-corrected chi connectivity index (χ4v) is 2.95. The average Bonchev–Trinajstić information content (AvgIpc) is 1.84. The summed E-state index contributed by atoms with van der Waals surface area (Å²) in [5.41, 5.74) is 0. The number of rotatable bonds is 0. The van der Waals surface area contributed by atoms with Gasteiger partial charge < -0.3 is 0 Å². The maximum atomic E-state index is 4.30. The van der Waals surface area contributed by atoms with Crippen molar-refractivity contribution < 1.29 is 0 Å². The van der Waals surface area contributed by atoms with Gasteiger partial charge in [-0.25, -0.2) is 0 Å². The summed E-state index contributed by atoms with van der Waals surface area (Å²) in [7, 11) is 0. The molecule has 0 bridgehead atoms. The van der Waals surface area contributed by atoms with E-state index in [0.29, 0.717) is 0 Å². The first-order valence-corrected chi connectivity index (χ1v) is 6.13. The summed E-state index contributed by atoms with van der Waals surface area (Å²) in [6, 6.07) is 4.21. The minimum absolute atomic E-state index is 0. The third-order valence-corrected chi connectivity index (χ3v) is 5.50. The van der Waals surface area contributed by atoms with Crippen molar-refractivity contribution >= 4 is 110 Å². The van der Waals surface area contributed by atoms with Gasteiger partial charge in [-0.1, -0.05) is 0 Å². The van der Waals surface area contributed by atoms with Crippen molar-refractivity contribution in [2.24, 2.45) is 0 Å². The Morgan fingerprint density at radius 1 is 0.909 bits per heavy atom. The van der Waals surface area contributed by atoms with Gasteiger partial charge in [0.25, 0.3) is 0 Å². The monoisotopic (exact) mass is 511 g/mol. The number of thiol groups is 1. The zero-order valence-electron chi connectivity index (χ0n) is 5.74. The van der Waals surface area contributed by atoms with Gasteiger partial charge in [0.2, 0.25) is 0 Å². The van der Waals surface area contributed by atoms with Crippen LogP contribution >= 0.6 is 80.4 Å². The largest absolute Gasteiger partial charge is 0.142 e. The Balaban J connectivity index is 0.000001000. The Hall–Kier alpha value is 2.76. The van der Waals surface area contributed by atoms with E-state index in [2.05, 4.69) is 92.5 Å². The molecule has 0 atom stereocenters. The van der Waals surface area contributed by atoms with Crippen molar-refractivity contribution in [2.75, 3.05) is 0 Å². The van der Waals surface area contributed by atoms with Gasteiger partial charge in [-0.15, -0.1) is 12.6 Å². The van der Waals surface area contributed by atoms with Gasteiger partial charge in [-0.2, -0.15) is 0 Å². The van der Waals surface area contributed by atoms with E-state index in [9.17, 15) is 0 Å². The van der Waals surface area contributed by atoms with E-state index in [-0.39, 0.29) is 29.6 Å². The van der Waals surface area contributed by atoms with Crippen LogP contribution in [0.15, 0.2) is 17.0 Å². The smallest absolute Gasteiger partial charge is 0.0275 e. The van der Waals surface area contributed by atoms with Crippen LogP contribution in [0.25, 0.3) is 0 Å². The quantitative estimate of drug-likeness (QED) is 0.235. The standard InChI is InChI=1S/C6H3I3S.Na/c7-3-1-5(9)6(10)2-4(3)8;/h1-2,10H;. The number of benzene rings is 1. The minimum atomic E-state index is 0. The van der Waals surface area contributed by atoms with Gasteiger partial charge in [-0.05, 0) is 79.9 Å². The summed E-state index contributed by atoms with van der Waals surface area (Å²) in [4.78, 5) is 1.06. The average molecular weight is 511 g/mol. The number of hydrogen-bond acceptors (Lipinski definition) is 1. The second-order valence-electron chi connectivity index (χ2n) is 1.72. The molecule has 0 heterocycles. The summed E-state index contributed by atoms with van der Waals surface area (Å²) in [5.74, 6) is 0. The van der Waals surface area contributed by atoms with E-state index in [1.54, 1.807) is 0 Å². The molecule has 0 N–H and O–H groups in total. The molecule has 1 rings (SSSR count). The normalized spacial score (nSPS) is 9.09. The van der Waals surface area contributed by atoms with Crippen molar-refractivity contribution in [3.05, 3.63) is 22.8 Å². The molecule has 0 aliphatic carbocycles. The van der Waals surface area contributed by atoms with E-state index in [1.807, 2.05) is 0 Å². The van der Waals surface area contributed by atoms with Crippen LogP contribution in [-0.4, -0.2) is 29.6 Å². The molecule has 11 heavy (non-hydrogen) atoms. The minimum Gasteiger partial charge on any atom is -0.142 e. The summed E-state index contributed by atoms with van der Waals surface area (Å²) in [6.45, 7) is 0. The molecule has 0 fully saturated rings. The molecule has 0 aliphatic rings. The van der Waals surface area contributed by atoms with E-state index >= 15 is 0 Å². The van der Waals surface area contributed by atoms with E-state index in [4.69, 9.17) is 0 Å². The maximum Gasteiger partial charge on any atom is 0.0275 e. The second-order valence-corrected chi connectivity index (χ2v) is 5.69. The van der Waals surface area contributed by atoms with Gasteiger partial charge in [0.05, 0.1) is 0 Å². The molecule has 0 saturated heterocycles. The predicted octanol–water partition coefficient (Wildman–Crippen LogP) is 3.41. The topological polar surface area (TPSA) is 0 Å². The molecule has 1 radical (unpaired) electrons. The maximum absolute atomic E-state index is 4.30. The second kappa shape index (κ2) is 6.28. The third-order valence-electron chi connectivity index (χ3n) is 0.990. The van der Waals surface area contributed by atoms with Gasteiger partial charge in [0.1, 0.15) is 0 Å². The molecule has 5 heteroatoms. The molecule has 0 nitrogen and oxygen atoms in total. The van der Waals surface area contributed by atoms with Crippen LogP contribution in [0.2, 0.25) is 0 Å². The van der Waals surface area contributed by atoms with Crippen LogP contribution in [0.4, 0.5) is 0 Å². The van der Waals surface area contributed by atoms with E-state index in [1.165, 1.54) is 10.7 Å². The summed E-state index contributed by atoms with van der Waals surface area (Å²) in [6.07, 6.45) is 0. The van der Waals surface area contributed by atoms with Crippen LogP contribution in [0, 0.1) is 10.7 Å². The molecule has 1 aromatic rings. The molecule has 1 aromatic carbocycles. The van der Waals surface area contributed by atoms with Crippen LogP contribution in [0.3, 0.4) is 0 Å². The first kappa shape index (κ1) is 13.8. The first-order valence-electron chi connectivity index (χ1n) is 2.45. The fraction of sp³-hybridized carbons (Fsp3) is 0. The first-order chi connectivity index (χ1) is 4.61. The molecule has 0 spiro atoms. The third kappa shape index (κ3) is 4.20. The van der Waals surface area contributed by atoms with Crippen LogP contribution in [-0.2, 0) is 0 Å². The summed E-state index contributed by atoms with van der Waals surface area (Å²) < 4.78 is 3.77. The molecule has 0 saturated carbocycles.